The van der Waals surface area contributed by atoms with Crippen molar-refractivity contribution >= 4 is 17.6 Å². The van der Waals surface area contributed by atoms with Crippen LogP contribution in [0.2, 0.25) is 5.02 Å². The minimum absolute atomic E-state index is 0.161. The quantitative estimate of drug-likeness (QED) is 0.928. The Morgan fingerprint density at radius 2 is 2.21 bits per heavy atom. The van der Waals surface area contributed by atoms with E-state index in [-0.39, 0.29) is 11.8 Å². The monoisotopic (exact) mass is 284 g/mol. The number of hydrogen-bond donors (Lipinski definition) is 1. The van der Waals surface area contributed by atoms with Gasteiger partial charge < -0.3 is 5.11 Å². The van der Waals surface area contributed by atoms with Gasteiger partial charge in [0.05, 0.1) is 22.3 Å². The van der Waals surface area contributed by atoms with E-state index in [2.05, 4.69) is 12.0 Å². The molecule has 1 N–H and O–H groups in total. The van der Waals surface area contributed by atoms with Crippen LogP contribution in [-0.4, -0.2) is 20.9 Å². The summed E-state index contributed by atoms with van der Waals surface area (Å²) in [6.45, 7) is 4.07. The molecule has 106 valence electrons. The van der Waals surface area contributed by atoms with Crippen LogP contribution in [0.25, 0.3) is 0 Å². The zero-order valence-corrected chi connectivity index (χ0v) is 12.4. The van der Waals surface area contributed by atoms with E-state index in [1.807, 2.05) is 14.0 Å². The molecule has 0 radical (unpaired) electrons. The van der Waals surface area contributed by atoms with Crippen molar-refractivity contribution < 1.29 is 9.90 Å². The summed E-state index contributed by atoms with van der Waals surface area (Å²) < 4.78 is 1.79. The van der Waals surface area contributed by atoms with Gasteiger partial charge in [0.1, 0.15) is 0 Å². The molecule has 5 heteroatoms. The molecule has 0 saturated heterocycles. The Bertz CT molecular complexity index is 484. The Morgan fingerprint density at radius 3 is 2.74 bits per heavy atom. The topological polar surface area (TPSA) is 55.1 Å². The van der Waals surface area contributed by atoms with E-state index in [0.29, 0.717) is 17.4 Å². The van der Waals surface area contributed by atoms with Crippen LogP contribution in [-0.2, 0) is 18.3 Å². The van der Waals surface area contributed by atoms with Gasteiger partial charge in [-0.25, -0.2) is 0 Å². The Balaban J connectivity index is 2.21. The molecule has 1 saturated carbocycles. The summed E-state index contributed by atoms with van der Waals surface area (Å²) in [4.78, 5) is 11.4. The minimum atomic E-state index is -0.674. The van der Waals surface area contributed by atoms with Crippen LogP contribution in [0.1, 0.15) is 37.6 Å². The van der Waals surface area contributed by atoms with Gasteiger partial charge in [0.15, 0.2) is 0 Å². The van der Waals surface area contributed by atoms with Gasteiger partial charge in [0.25, 0.3) is 0 Å². The maximum absolute atomic E-state index is 11.4. The Hall–Kier alpha value is -1.03. The van der Waals surface area contributed by atoms with Crippen molar-refractivity contribution in [3.8, 4) is 0 Å². The number of aromatic nitrogens is 2. The highest BCUT2D eigenvalue weighted by molar-refractivity contribution is 6.31. The molecule has 1 aliphatic carbocycles. The van der Waals surface area contributed by atoms with Crippen LogP contribution < -0.4 is 0 Å². The highest BCUT2D eigenvalue weighted by atomic mass is 35.5. The molecule has 0 aliphatic heterocycles. The van der Waals surface area contributed by atoms with E-state index < -0.39 is 5.97 Å². The maximum atomic E-state index is 11.4. The number of aliphatic carboxylic acids is 1. The molecular weight excluding hydrogens is 264 g/mol. The Labute approximate surface area is 118 Å². The van der Waals surface area contributed by atoms with Crippen molar-refractivity contribution in [2.75, 3.05) is 0 Å². The van der Waals surface area contributed by atoms with Gasteiger partial charge in [-0.15, -0.1) is 0 Å². The van der Waals surface area contributed by atoms with Gasteiger partial charge in [0.2, 0.25) is 0 Å². The van der Waals surface area contributed by atoms with Gasteiger partial charge in [-0.05, 0) is 44.4 Å². The van der Waals surface area contributed by atoms with Crippen molar-refractivity contribution in [3.63, 3.8) is 0 Å². The second kappa shape index (κ2) is 5.53. The lowest BCUT2D eigenvalue weighted by molar-refractivity contribution is -0.145. The SMILES string of the molecule is Cc1nn(C)c(CC2CC(C)CCC2C(=O)O)c1Cl. The summed E-state index contributed by atoms with van der Waals surface area (Å²) in [5.41, 5.74) is 1.78. The molecule has 2 rings (SSSR count). The summed E-state index contributed by atoms with van der Waals surface area (Å²) in [5.74, 6) is -0.170. The zero-order chi connectivity index (χ0) is 14.2. The van der Waals surface area contributed by atoms with Crippen molar-refractivity contribution in [2.24, 2.45) is 24.8 Å². The molecule has 1 heterocycles. The molecular formula is C14H21ClN2O2. The molecule has 0 spiro atoms. The summed E-state index contributed by atoms with van der Waals surface area (Å²) in [7, 11) is 1.87. The fraction of sp³-hybridized carbons (Fsp3) is 0.714. The second-order valence-corrected chi connectivity index (χ2v) is 6.17. The molecule has 19 heavy (non-hydrogen) atoms. The number of carboxylic acids is 1. The smallest absolute Gasteiger partial charge is 0.306 e. The molecule has 3 atom stereocenters. The number of carboxylic acid groups (broad SMARTS) is 1. The third-order valence-corrected chi connectivity index (χ3v) is 4.77. The minimum Gasteiger partial charge on any atom is -0.481 e. The van der Waals surface area contributed by atoms with Crippen LogP contribution >= 0.6 is 11.6 Å². The average Bonchev–Trinajstić information content (AvgIpc) is 2.56. The molecule has 1 aromatic rings. The fourth-order valence-electron chi connectivity index (χ4n) is 3.20. The summed E-state index contributed by atoms with van der Waals surface area (Å²) in [6.07, 6.45) is 3.44. The number of carbonyl (C=O) groups is 1. The molecule has 1 fully saturated rings. The molecule has 4 nitrogen and oxygen atoms in total. The third kappa shape index (κ3) is 2.94. The van der Waals surface area contributed by atoms with Crippen LogP contribution in [0.5, 0.6) is 0 Å². The first-order chi connectivity index (χ1) is 8.90. The second-order valence-electron chi connectivity index (χ2n) is 5.80. The Morgan fingerprint density at radius 1 is 1.53 bits per heavy atom. The normalized spacial score (nSPS) is 27.5. The van der Waals surface area contributed by atoms with Crippen LogP contribution in [0.4, 0.5) is 0 Å². The highest BCUT2D eigenvalue weighted by Gasteiger charge is 2.34. The molecule has 1 aliphatic rings. The first-order valence-electron chi connectivity index (χ1n) is 6.81. The van der Waals surface area contributed by atoms with Crippen LogP contribution in [0, 0.1) is 24.7 Å². The van der Waals surface area contributed by atoms with Gasteiger partial charge in [0, 0.05) is 7.05 Å². The lowest BCUT2D eigenvalue weighted by Gasteiger charge is -2.32. The van der Waals surface area contributed by atoms with Gasteiger partial charge in [-0.2, -0.15) is 5.10 Å². The lowest BCUT2D eigenvalue weighted by atomic mass is 9.73. The van der Waals surface area contributed by atoms with Crippen molar-refractivity contribution in [1.29, 1.82) is 0 Å². The van der Waals surface area contributed by atoms with Crippen molar-refractivity contribution in [2.45, 2.75) is 39.5 Å². The molecule has 0 bridgehead atoms. The molecule has 1 aromatic heterocycles. The first-order valence-corrected chi connectivity index (χ1v) is 7.18. The number of rotatable bonds is 3. The van der Waals surface area contributed by atoms with E-state index in [0.717, 1.165) is 30.7 Å². The lowest BCUT2D eigenvalue weighted by Crippen LogP contribution is -2.31. The fourth-order valence-corrected chi connectivity index (χ4v) is 3.44. The molecule has 3 unspecified atom stereocenters. The number of aryl methyl sites for hydroxylation is 2. The summed E-state index contributed by atoms with van der Waals surface area (Å²) in [6, 6.07) is 0. The van der Waals surface area contributed by atoms with Gasteiger partial charge in [-0.3, -0.25) is 9.48 Å². The number of hydrogen-bond acceptors (Lipinski definition) is 2. The maximum Gasteiger partial charge on any atom is 0.306 e. The standard InChI is InChI=1S/C14H21ClN2O2/c1-8-4-5-11(14(18)19)10(6-8)7-12-13(15)9(2)16-17(12)3/h8,10-11H,4-7H2,1-3H3,(H,18,19). The van der Waals surface area contributed by atoms with Crippen LogP contribution in [0.15, 0.2) is 0 Å². The van der Waals surface area contributed by atoms with E-state index >= 15 is 0 Å². The first kappa shape index (κ1) is 14.4. The number of halogens is 1. The van der Waals surface area contributed by atoms with E-state index in [4.69, 9.17) is 11.6 Å². The highest BCUT2D eigenvalue weighted by Crippen LogP contribution is 2.37. The molecule has 0 aromatic carbocycles. The van der Waals surface area contributed by atoms with Crippen molar-refractivity contribution in [3.05, 3.63) is 16.4 Å². The Kier molecular flexibility index (Phi) is 4.19. The zero-order valence-electron chi connectivity index (χ0n) is 11.7. The number of nitrogens with zero attached hydrogens (tertiary/aromatic N) is 2. The molecule has 0 amide bonds. The van der Waals surface area contributed by atoms with Gasteiger partial charge in [-0.1, -0.05) is 18.5 Å². The third-order valence-electron chi connectivity index (χ3n) is 4.28. The van der Waals surface area contributed by atoms with E-state index in [9.17, 15) is 9.90 Å². The average molecular weight is 285 g/mol. The summed E-state index contributed by atoms with van der Waals surface area (Å²) >= 11 is 6.27. The summed E-state index contributed by atoms with van der Waals surface area (Å²) in [5, 5.41) is 14.3. The van der Waals surface area contributed by atoms with E-state index in [1.165, 1.54) is 0 Å². The predicted molar refractivity (Wildman–Crippen MR) is 74.3 cm³/mol. The van der Waals surface area contributed by atoms with Crippen molar-refractivity contribution in [1.82, 2.24) is 9.78 Å². The van der Waals surface area contributed by atoms with E-state index in [1.54, 1.807) is 4.68 Å². The van der Waals surface area contributed by atoms with Gasteiger partial charge >= 0.3 is 5.97 Å². The largest absolute Gasteiger partial charge is 0.481 e. The van der Waals surface area contributed by atoms with Crippen LogP contribution in [0.3, 0.4) is 0 Å². The predicted octanol–water partition coefficient (Wildman–Crippen LogP) is 3.06.